The Kier molecular flexibility index (Phi) is 5.29. The molecule has 2 aromatic heterocycles. The fraction of sp³-hybridized carbons (Fsp3) is 0.158. The van der Waals surface area contributed by atoms with E-state index in [0.29, 0.717) is 17.0 Å². The molecule has 0 bridgehead atoms. The Labute approximate surface area is 153 Å². The largest absolute Gasteiger partial charge is 0.497 e. The maximum atomic E-state index is 12.7. The summed E-state index contributed by atoms with van der Waals surface area (Å²) in [5.74, 6) is 0.494. The van der Waals surface area contributed by atoms with Crippen LogP contribution in [-0.2, 0) is 16.6 Å². The number of aromatic nitrogens is 2. The first-order chi connectivity index (χ1) is 12.5. The van der Waals surface area contributed by atoms with Gasteiger partial charge in [0, 0.05) is 36.8 Å². The number of nitrogens with one attached hydrogen (secondary N) is 1. The summed E-state index contributed by atoms with van der Waals surface area (Å²) in [7, 11) is -2.19. The van der Waals surface area contributed by atoms with Crippen molar-refractivity contribution < 1.29 is 13.2 Å². The molecule has 0 aliphatic rings. The molecule has 3 rings (SSSR count). The first kappa shape index (κ1) is 18.0. The van der Waals surface area contributed by atoms with Gasteiger partial charge in [0.05, 0.1) is 17.7 Å². The van der Waals surface area contributed by atoms with Crippen LogP contribution in [0.5, 0.6) is 5.75 Å². The third-order valence-electron chi connectivity index (χ3n) is 3.96. The standard InChI is InChI=1S/C19H19N3O3S/c1-14-7-8-17(25-2)11-18(14)26(23,24)22-13-16-6-4-10-21-19(16)15-5-3-9-20-12-15/h3-12,22H,13H2,1-2H3. The number of pyridine rings is 2. The van der Waals surface area contributed by atoms with Gasteiger partial charge >= 0.3 is 0 Å². The van der Waals surface area contributed by atoms with Crippen molar-refractivity contribution >= 4 is 10.0 Å². The second-order valence-electron chi connectivity index (χ2n) is 5.71. The SMILES string of the molecule is COc1ccc(C)c(S(=O)(=O)NCc2cccnc2-c2cccnc2)c1. The smallest absolute Gasteiger partial charge is 0.241 e. The Morgan fingerprint density at radius 2 is 1.92 bits per heavy atom. The number of aryl methyl sites for hydroxylation is 1. The molecular formula is C19H19N3O3S. The summed E-state index contributed by atoms with van der Waals surface area (Å²) >= 11 is 0. The van der Waals surface area contributed by atoms with E-state index in [4.69, 9.17) is 4.74 Å². The van der Waals surface area contributed by atoms with E-state index < -0.39 is 10.0 Å². The van der Waals surface area contributed by atoms with Gasteiger partial charge in [-0.2, -0.15) is 0 Å². The van der Waals surface area contributed by atoms with Crippen LogP contribution in [-0.4, -0.2) is 25.5 Å². The van der Waals surface area contributed by atoms with Gasteiger partial charge in [0.2, 0.25) is 10.0 Å². The lowest BCUT2D eigenvalue weighted by Crippen LogP contribution is -2.24. The lowest BCUT2D eigenvalue weighted by Gasteiger charge is -2.12. The van der Waals surface area contributed by atoms with Crippen LogP contribution in [0.2, 0.25) is 0 Å². The molecule has 2 heterocycles. The zero-order valence-electron chi connectivity index (χ0n) is 14.5. The van der Waals surface area contributed by atoms with Gasteiger partial charge in [0.25, 0.3) is 0 Å². The van der Waals surface area contributed by atoms with Crippen molar-refractivity contribution in [1.29, 1.82) is 0 Å². The molecule has 0 saturated carbocycles. The average molecular weight is 369 g/mol. The Hall–Kier alpha value is -2.77. The lowest BCUT2D eigenvalue weighted by atomic mass is 10.1. The maximum absolute atomic E-state index is 12.7. The number of sulfonamides is 1. The van der Waals surface area contributed by atoms with E-state index in [1.54, 1.807) is 43.7 Å². The third-order valence-corrected chi connectivity index (χ3v) is 5.51. The number of hydrogen-bond acceptors (Lipinski definition) is 5. The van der Waals surface area contributed by atoms with Gasteiger partial charge in [-0.15, -0.1) is 0 Å². The van der Waals surface area contributed by atoms with Crippen LogP contribution in [0.15, 0.2) is 66.0 Å². The normalized spacial score (nSPS) is 11.3. The molecule has 0 atom stereocenters. The minimum atomic E-state index is -3.69. The van der Waals surface area contributed by atoms with E-state index in [1.807, 2.05) is 18.2 Å². The van der Waals surface area contributed by atoms with Gasteiger partial charge in [-0.25, -0.2) is 13.1 Å². The molecule has 26 heavy (non-hydrogen) atoms. The second-order valence-corrected chi connectivity index (χ2v) is 7.44. The number of hydrogen-bond donors (Lipinski definition) is 1. The predicted molar refractivity (Wildman–Crippen MR) is 99.2 cm³/mol. The molecule has 0 spiro atoms. The molecule has 0 unspecified atom stereocenters. The van der Waals surface area contributed by atoms with E-state index in [9.17, 15) is 8.42 Å². The molecule has 1 N–H and O–H groups in total. The minimum absolute atomic E-state index is 0.122. The van der Waals surface area contributed by atoms with Crippen LogP contribution in [0.4, 0.5) is 0 Å². The van der Waals surface area contributed by atoms with Gasteiger partial charge < -0.3 is 4.74 Å². The molecule has 0 aliphatic carbocycles. The van der Waals surface area contributed by atoms with E-state index >= 15 is 0 Å². The Bertz CT molecular complexity index is 1010. The highest BCUT2D eigenvalue weighted by molar-refractivity contribution is 7.89. The van der Waals surface area contributed by atoms with Gasteiger partial charge in [0.15, 0.2) is 0 Å². The number of benzene rings is 1. The minimum Gasteiger partial charge on any atom is -0.497 e. The molecule has 0 saturated heterocycles. The van der Waals surface area contributed by atoms with Crippen LogP contribution in [0.3, 0.4) is 0 Å². The zero-order chi connectivity index (χ0) is 18.6. The Morgan fingerprint density at radius 1 is 1.12 bits per heavy atom. The highest BCUT2D eigenvalue weighted by Gasteiger charge is 2.18. The third kappa shape index (κ3) is 3.89. The van der Waals surface area contributed by atoms with Crippen molar-refractivity contribution in [2.24, 2.45) is 0 Å². The van der Waals surface area contributed by atoms with Crippen LogP contribution in [0.1, 0.15) is 11.1 Å². The van der Waals surface area contributed by atoms with Crippen molar-refractivity contribution in [3.63, 3.8) is 0 Å². The molecule has 0 fully saturated rings. The summed E-state index contributed by atoms with van der Waals surface area (Å²) in [5.41, 5.74) is 2.95. The van der Waals surface area contributed by atoms with E-state index in [2.05, 4.69) is 14.7 Å². The number of ether oxygens (including phenoxy) is 1. The molecule has 7 heteroatoms. The second kappa shape index (κ2) is 7.63. The monoisotopic (exact) mass is 369 g/mol. The Morgan fingerprint density at radius 3 is 2.65 bits per heavy atom. The first-order valence-corrected chi connectivity index (χ1v) is 9.48. The van der Waals surface area contributed by atoms with Gasteiger partial charge in [-0.1, -0.05) is 12.1 Å². The summed E-state index contributed by atoms with van der Waals surface area (Å²) in [4.78, 5) is 8.67. The fourth-order valence-electron chi connectivity index (χ4n) is 2.59. The summed E-state index contributed by atoms with van der Waals surface area (Å²) in [6.07, 6.45) is 5.06. The molecule has 1 aromatic carbocycles. The van der Waals surface area contributed by atoms with E-state index in [1.165, 1.54) is 13.2 Å². The summed E-state index contributed by atoms with van der Waals surface area (Å²) in [6.45, 7) is 1.87. The molecular weight excluding hydrogens is 350 g/mol. The highest BCUT2D eigenvalue weighted by Crippen LogP contribution is 2.23. The van der Waals surface area contributed by atoms with Crippen molar-refractivity contribution in [2.75, 3.05) is 7.11 Å². The zero-order valence-corrected chi connectivity index (χ0v) is 15.3. The summed E-state index contributed by atoms with van der Waals surface area (Å²) in [6, 6.07) is 12.3. The number of methoxy groups -OCH3 is 1. The molecule has 0 radical (unpaired) electrons. The number of nitrogens with zero attached hydrogens (tertiary/aromatic N) is 2. The van der Waals surface area contributed by atoms with E-state index in [-0.39, 0.29) is 11.4 Å². The van der Waals surface area contributed by atoms with Crippen LogP contribution >= 0.6 is 0 Å². The van der Waals surface area contributed by atoms with E-state index in [0.717, 1.165) is 11.1 Å². The highest BCUT2D eigenvalue weighted by atomic mass is 32.2. The topological polar surface area (TPSA) is 81.2 Å². The first-order valence-electron chi connectivity index (χ1n) is 8.00. The predicted octanol–water partition coefficient (Wildman–Crippen LogP) is 2.94. The maximum Gasteiger partial charge on any atom is 0.241 e. The van der Waals surface area contributed by atoms with Gasteiger partial charge in [-0.3, -0.25) is 9.97 Å². The van der Waals surface area contributed by atoms with Crippen LogP contribution in [0.25, 0.3) is 11.3 Å². The van der Waals surface area contributed by atoms with Crippen molar-refractivity contribution in [1.82, 2.24) is 14.7 Å². The summed E-state index contributed by atoms with van der Waals surface area (Å²) < 4.78 is 33.3. The quantitative estimate of drug-likeness (QED) is 0.722. The van der Waals surface area contributed by atoms with Crippen LogP contribution in [0, 0.1) is 6.92 Å². The molecule has 0 aliphatic heterocycles. The molecule has 134 valence electrons. The van der Waals surface area contributed by atoms with Crippen molar-refractivity contribution in [2.45, 2.75) is 18.4 Å². The van der Waals surface area contributed by atoms with Gasteiger partial charge in [0.1, 0.15) is 5.75 Å². The van der Waals surface area contributed by atoms with Crippen molar-refractivity contribution in [3.05, 3.63) is 72.2 Å². The molecule has 6 nitrogen and oxygen atoms in total. The number of rotatable bonds is 6. The van der Waals surface area contributed by atoms with Gasteiger partial charge in [-0.05, 0) is 42.3 Å². The molecule has 3 aromatic rings. The average Bonchev–Trinajstić information content (AvgIpc) is 2.67. The van der Waals surface area contributed by atoms with Crippen LogP contribution < -0.4 is 9.46 Å². The van der Waals surface area contributed by atoms with Crippen molar-refractivity contribution in [3.8, 4) is 17.0 Å². The summed E-state index contributed by atoms with van der Waals surface area (Å²) in [5, 5.41) is 0. The Balaban J connectivity index is 1.88. The molecule has 0 amide bonds. The fourth-order valence-corrected chi connectivity index (χ4v) is 3.86. The lowest BCUT2D eigenvalue weighted by molar-refractivity contribution is 0.413.